The third-order valence-corrected chi connectivity index (χ3v) is 4.01. The van der Waals surface area contributed by atoms with E-state index in [9.17, 15) is 9.90 Å². The first-order valence-corrected chi connectivity index (χ1v) is 7.92. The Bertz CT molecular complexity index is 584. The molecule has 0 fully saturated rings. The Balaban J connectivity index is 2.00. The molecule has 3 N–H and O–H groups in total. The van der Waals surface area contributed by atoms with Crippen LogP contribution in [0.5, 0.6) is 0 Å². The molecule has 2 aromatic rings. The number of aliphatic hydroxyl groups excluding tert-OH is 1. The smallest absolute Gasteiger partial charge is 0.315 e. The number of rotatable bonds is 7. The molecule has 0 radical (unpaired) electrons. The SMILES string of the molecule is CCC(C)C(O)CNC(=O)NC(c1ccccc1)c1ccco1. The summed E-state index contributed by atoms with van der Waals surface area (Å²) in [6.07, 6.45) is 1.89. The molecule has 0 saturated heterocycles. The van der Waals surface area contributed by atoms with Gasteiger partial charge in [-0.1, -0.05) is 50.6 Å². The van der Waals surface area contributed by atoms with Crippen LogP contribution in [-0.4, -0.2) is 23.8 Å². The molecule has 5 nitrogen and oxygen atoms in total. The van der Waals surface area contributed by atoms with E-state index in [0.717, 1.165) is 12.0 Å². The van der Waals surface area contributed by atoms with Crippen LogP contribution in [0, 0.1) is 5.92 Å². The molecule has 5 heteroatoms. The molecule has 2 rings (SSSR count). The quantitative estimate of drug-likeness (QED) is 0.735. The Hall–Kier alpha value is -2.27. The number of nitrogens with one attached hydrogen (secondary N) is 2. The average Bonchev–Trinajstić information content (AvgIpc) is 3.11. The second kappa shape index (κ2) is 8.39. The summed E-state index contributed by atoms with van der Waals surface area (Å²) in [5.41, 5.74) is 0.931. The molecule has 0 bridgehead atoms. The molecule has 0 aliphatic rings. The third-order valence-electron chi connectivity index (χ3n) is 4.01. The van der Waals surface area contributed by atoms with Crippen molar-refractivity contribution in [2.24, 2.45) is 5.92 Å². The van der Waals surface area contributed by atoms with Crippen LogP contribution in [-0.2, 0) is 0 Å². The minimum atomic E-state index is -0.551. The summed E-state index contributed by atoms with van der Waals surface area (Å²) in [5, 5.41) is 15.6. The van der Waals surface area contributed by atoms with Crippen LogP contribution in [0.1, 0.15) is 37.6 Å². The summed E-state index contributed by atoms with van der Waals surface area (Å²) in [6.45, 7) is 4.19. The fourth-order valence-electron chi connectivity index (χ4n) is 2.27. The van der Waals surface area contributed by atoms with E-state index in [-0.39, 0.29) is 24.5 Å². The van der Waals surface area contributed by atoms with Crippen molar-refractivity contribution < 1.29 is 14.3 Å². The number of amides is 2. The van der Waals surface area contributed by atoms with E-state index in [2.05, 4.69) is 10.6 Å². The van der Waals surface area contributed by atoms with E-state index < -0.39 is 6.10 Å². The highest BCUT2D eigenvalue weighted by Crippen LogP contribution is 2.22. The van der Waals surface area contributed by atoms with E-state index in [1.165, 1.54) is 0 Å². The molecule has 23 heavy (non-hydrogen) atoms. The van der Waals surface area contributed by atoms with E-state index in [1.54, 1.807) is 12.3 Å². The highest BCUT2D eigenvalue weighted by molar-refractivity contribution is 5.74. The highest BCUT2D eigenvalue weighted by Gasteiger charge is 2.20. The largest absolute Gasteiger partial charge is 0.467 e. The van der Waals surface area contributed by atoms with Crippen LogP contribution >= 0.6 is 0 Å². The van der Waals surface area contributed by atoms with Gasteiger partial charge in [0.1, 0.15) is 11.8 Å². The molecule has 1 heterocycles. The number of urea groups is 1. The van der Waals surface area contributed by atoms with Gasteiger partial charge in [0, 0.05) is 6.54 Å². The average molecular weight is 316 g/mol. The van der Waals surface area contributed by atoms with Crippen LogP contribution in [0.2, 0.25) is 0 Å². The van der Waals surface area contributed by atoms with Gasteiger partial charge in [-0.3, -0.25) is 0 Å². The van der Waals surface area contributed by atoms with Gasteiger partial charge in [0.15, 0.2) is 0 Å². The highest BCUT2D eigenvalue weighted by atomic mass is 16.3. The van der Waals surface area contributed by atoms with Gasteiger partial charge in [-0.05, 0) is 23.6 Å². The molecule has 1 aromatic carbocycles. The lowest BCUT2D eigenvalue weighted by Crippen LogP contribution is -2.42. The maximum atomic E-state index is 12.2. The van der Waals surface area contributed by atoms with Crippen molar-refractivity contribution in [3.8, 4) is 0 Å². The second-order valence-electron chi connectivity index (χ2n) is 5.67. The summed E-state index contributed by atoms with van der Waals surface area (Å²) in [5.74, 6) is 0.805. The molecule has 0 aliphatic carbocycles. The van der Waals surface area contributed by atoms with Gasteiger partial charge >= 0.3 is 6.03 Å². The number of benzene rings is 1. The zero-order valence-corrected chi connectivity index (χ0v) is 13.5. The van der Waals surface area contributed by atoms with Crippen molar-refractivity contribution in [3.63, 3.8) is 0 Å². The van der Waals surface area contributed by atoms with Gasteiger partial charge in [0.25, 0.3) is 0 Å². The molecule has 3 atom stereocenters. The molecule has 3 unspecified atom stereocenters. The zero-order chi connectivity index (χ0) is 16.7. The lowest BCUT2D eigenvalue weighted by Gasteiger charge is -2.20. The summed E-state index contributed by atoms with van der Waals surface area (Å²) < 4.78 is 5.44. The topological polar surface area (TPSA) is 74.5 Å². The molecule has 2 amide bonds. The third kappa shape index (κ3) is 4.86. The van der Waals surface area contributed by atoms with Gasteiger partial charge in [0.2, 0.25) is 0 Å². The summed E-state index contributed by atoms with van der Waals surface area (Å²) in [4.78, 5) is 12.2. The fraction of sp³-hybridized carbons (Fsp3) is 0.389. The van der Waals surface area contributed by atoms with Crippen molar-refractivity contribution in [1.29, 1.82) is 0 Å². The van der Waals surface area contributed by atoms with Gasteiger partial charge < -0.3 is 20.2 Å². The monoisotopic (exact) mass is 316 g/mol. The number of carbonyl (C=O) groups excluding carboxylic acids is 1. The summed E-state index contributed by atoms with van der Waals surface area (Å²) >= 11 is 0. The zero-order valence-electron chi connectivity index (χ0n) is 13.5. The van der Waals surface area contributed by atoms with Crippen LogP contribution in [0.4, 0.5) is 4.79 Å². The van der Waals surface area contributed by atoms with E-state index in [0.29, 0.717) is 5.76 Å². The minimum Gasteiger partial charge on any atom is -0.467 e. The number of hydrogen-bond acceptors (Lipinski definition) is 3. The first kappa shape index (κ1) is 17.1. The second-order valence-corrected chi connectivity index (χ2v) is 5.67. The minimum absolute atomic E-state index is 0.144. The maximum Gasteiger partial charge on any atom is 0.315 e. The molecule has 0 saturated carbocycles. The molecule has 1 aromatic heterocycles. The van der Waals surface area contributed by atoms with E-state index >= 15 is 0 Å². The predicted molar refractivity (Wildman–Crippen MR) is 89.0 cm³/mol. The number of aliphatic hydroxyl groups is 1. The van der Waals surface area contributed by atoms with Crippen molar-refractivity contribution in [2.75, 3.05) is 6.54 Å². The molecule has 0 aliphatic heterocycles. The number of carbonyl (C=O) groups is 1. The van der Waals surface area contributed by atoms with Gasteiger partial charge in [-0.15, -0.1) is 0 Å². The van der Waals surface area contributed by atoms with Crippen molar-refractivity contribution in [1.82, 2.24) is 10.6 Å². The van der Waals surface area contributed by atoms with Gasteiger partial charge in [-0.2, -0.15) is 0 Å². The van der Waals surface area contributed by atoms with Crippen LogP contribution < -0.4 is 10.6 Å². The fourth-order valence-corrected chi connectivity index (χ4v) is 2.27. The maximum absolute atomic E-state index is 12.2. The number of hydrogen-bond donors (Lipinski definition) is 3. The van der Waals surface area contributed by atoms with Gasteiger partial charge in [0.05, 0.1) is 12.4 Å². The Morgan fingerprint density at radius 2 is 1.96 bits per heavy atom. The predicted octanol–water partition coefficient (Wildman–Crippen LogP) is 3.08. The normalized spacial score (nSPS) is 14.7. The number of furan rings is 1. The van der Waals surface area contributed by atoms with E-state index in [1.807, 2.05) is 50.2 Å². The molecule has 124 valence electrons. The first-order chi connectivity index (χ1) is 11.1. The Labute approximate surface area is 136 Å². The summed E-state index contributed by atoms with van der Waals surface area (Å²) in [6, 6.07) is 12.5. The summed E-state index contributed by atoms with van der Waals surface area (Å²) in [7, 11) is 0. The first-order valence-electron chi connectivity index (χ1n) is 7.92. The molecular formula is C18H24N2O3. The molecule has 0 spiro atoms. The van der Waals surface area contributed by atoms with Crippen molar-refractivity contribution in [3.05, 3.63) is 60.1 Å². The molecular weight excluding hydrogens is 292 g/mol. The lowest BCUT2D eigenvalue weighted by molar-refractivity contribution is 0.114. The van der Waals surface area contributed by atoms with E-state index in [4.69, 9.17) is 4.42 Å². The Kier molecular flexibility index (Phi) is 6.23. The lowest BCUT2D eigenvalue weighted by atomic mass is 10.0. The Morgan fingerprint density at radius 3 is 2.57 bits per heavy atom. The Morgan fingerprint density at radius 1 is 1.22 bits per heavy atom. The standard InChI is InChI=1S/C18H24N2O3/c1-3-13(2)15(21)12-19-18(22)20-17(16-10-7-11-23-16)14-8-5-4-6-9-14/h4-11,13,15,17,21H,3,12H2,1-2H3,(H2,19,20,22). The van der Waals surface area contributed by atoms with Crippen LogP contribution in [0.15, 0.2) is 53.1 Å². The van der Waals surface area contributed by atoms with Crippen LogP contribution in [0.25, 0.3) is 0 Å². The van der Waals surface area contributed by atoms with Crippen molar-refractivity contribution >= 4 is 6.03 Å². The van der Waals surface area contributed by atoms with Crippen LogP contribution in [0.3, 0.4) is 0 Å². The van der Waals surface area contributed by atoms with Gasteiger partial charge in [-0.25, -0.2) is 4.79 Å². The van der Waals surface area contributed by atoms with Crippen molar-refractivity contribution in [2.45, 2.75) is 32.4 Å².